The van der Waals surface area contributed by atoms with E-state index in [9.17, 15) is 4.79 Å². The Bertz CT molecular complexity index is 507. The molecule has 4 heteroatoms. The Kier molecular flexibility index (Phi) is 2.30. The zero-order valence-corrected chi connectivity index (χ0v) is 9.88. The third-order valence-electron chi connectivity index (χ3n) is 2.20. The molecule has 2 aromatic heterocycles. The van der Waals surface area contributed by atoms with Crippen LogP contribution in [0.2, 0.25) is 0 Å². The van der Waals surface area contributed by atoms with Crippen molar-refractivity contribution in [1.29, 1.82) is 0 Å². The first-order valence-electron chi connectivity index (χ1n) is 5.18. The molecule has 0 aliphatic heterocycles. The lowest BCUT2D eigenvalue weighted by molar-refractivity contribution is 0.00726. The number of hydrogen-bond acceptors (Lipinski definition) is 4. The van der Waals surface area contributed by atoms with Gasteiger partial charge in [-0.05, 0) is 32.9 Å². The Morgan fingerprint density at radius 3 is 2.50 bits per heavy atom. The van der Waals surface area contributed by atoms with Crippen LogP contribution >= 0.6 is 0 Å². The van der Waals surface area contributed by atoms with Gasteiger partial charge >= 0.3 is 5.97 Å². The van der Waals surface area contributed by atoms with Gasteiger partial charge in [0.25, 0.3) is 0 Å². The lowest BCUT2D eigenvalue weighted by Crippen LogP contribution is -2.24. The van der Waals surface area contributed by atoms with Crippen molar-refractivity contribution in [3.63, 3.8) is 0 Å². The lowest BCUT2D eigenvalue weighted by Gasteiger charge is -2.19. The number of hydrogen-bond donors (Lipinski definition) is 1. The van der Waals surface area contributed by atoms with Gasteiger partial charge in [0.05, 0.1) is 5.69 Å². The second-order valence-corrected chi connectivity index (χ2v) is 4.67. The largest absolute Gasteiger partial charge is 0.456 e. The minimum atomic E-state index is -0.500. The number of esters is 1. The number of furan rings is 2. The number of fused-ring (bicyclic) bond motifs is 2. The van der Waals surface area contributed by atoms with Gasteiger partial charge in [-0.1, -0.05) is 0 Å². The van der Waals surface area contributed by atoms with E-state index in [1.165, 1.54) is 0 Å². The molecule has 0 aliphatic carbocycles. The summed E-state index contributed by atoms with van der Waals surface area (Å²) in [6.45, 7) is 5.52. The summed E-state index contributed by atoms with van der Waals surface area (Å²) in [6, 6.07) is 3.60. The second-order valence-electron chi connectivity index (χ2n) is 4.67. The van der Waals surface area contributed by atoms with Crippen LogP contribution in [0.15, 0.2) is 16.5 Å². The molecule has 0 radical (unpaired) electrons. The van der Waals surface area contributed by atoms with Gasteiger partial charge in [0.2, 0.25) is 0 Å². The van der Waals surface area contributed by atoms with Crippen LogP contribution in [0.25, 0.3) is 11.2 Å². The highest BCUT2D eigenvalue weighted by molar-refractivity contribution is 6.07. The SMILES string of the molecule is CNc1c(C(=O)OC(C)(C)C)c2ccc1o2. The second kappa shape index (κ2) is 3.40. The third-order valence-corrected chi connectivity index (χ3v) is 2.20. The van der Waals surface area contributed by atoms with Crippen molar-refractivity contribution in [3.05, 3.63) is 17.7 Å². The first-order chi connectivity index (χ1) is 7.42. The number of nitrogens with one attached hydrogen (secondary N) is 1. The smallest absolute Gasteiger partial charge is 0.344 e. The van der Waals surface area contributed by atoms with E-state index in [1.807, 2.05) is 26.8 Å². The minimum absolute atomic E-state index is 0.355. The summed E-state index contributed by atoms with van der Waals surface area (Å²) in [5, 5.41) is 2.96. The van der Waals surface area contributed by atoms with Crippen molar-refractivity contribution in [1.82, 2.24) is 0 Å². The quantitative estimate of drug-likeness (QED) is 0.792. The van der Waals surface area contributed by atoms with Gasteiger partial charge in [-0.3, -0.25) is 0 Å². The molecular formula is C12H15NO3. The molecule has 2 rings (SSSR count). The van der Waals surface area contributed by atoms with Crippen LogP contribution in [0.4, 0.5) is 5.69 Å². The molecule has 0 amide bonds. The highest BCUT2D eigenvalue weighted by Crippen LogP contribution is 2.34. The van der Waals surface area contributed by atoms with Gasteiger partial charge in [0.1, 0.15) is 16.7 Å². The van der Waals surface area contributed by atoms with E-state index < -0.39 is 5.60 Å². The molecular weight excluding hydrogens is 206 g/mol. The predicted molar refractivity (Wildman–Crippen MR) is 62.1 cm³/mol. The maximum atomic E-state index is 12.0. The van der Waals surface area contributed by atoms with Gasteiger partial charge in [-0.15, -0.1) is 0 Å². The van der Waals surface area contributed by atoms with Crippen molar-refractivity contribution < 1.29 is 13.9 Å². The molecule has 2 bridgehead atoms. The number of benzene rings is 1. The molecule has 86 valence electrons. The number of rotatable bonds is 2. The van der Waals surface area contributed by atoms with Gasteiger partial charge in [-0.25, -0.2) is 4.79 Å². The number of carbonyl (C=O) groups is 1. The van der Waals surface area contributed by atoms with Gasteiger partial charge in [0, 0.05) is 7.05 Å². The molecule has 2 aromatic rings. The van der Waals surface area contributed by atoms with Crippen LogP contribution in [0.1, 0.15) is 31.1 Å². The predicted octanol–water partition coefficient (Wildman–Crippen LogP) is 2.87. The summed E-state index contributed by atoms with van der Waals surface area (Å²) in [6.07, 6.45) is 0. The fourth-order valence-corrected chi connectivity index (χ4v) is 1.63. The van der Waals surface area contributed by atoms with Gasteiger partial charge < -0.3 is 14.5 Å². The molecule has 0 fully saturated rings. The Balaban J connectivity index is 2.37. The molecule has 0 saturated heterocycles. The molecule has 0 spiro atoms. The summed E-state index contributed by atoms with van der Waals surface area (Å²) in [7, 11) is 1.76. The lowest BCUT2D eigenvalue weighted by atomic mass is 10.1. The van der Waals surface area contributed by atoms with E-state index in [-0.39, 0.29) is 5.97 Å². The van der Waals surface area contributed by atoms with Gasteiger partial charge in [0.15, 0.2) is 5.58 Å². The van der Waals surface area contributed by atoms with Crippen LogP contribution in [-0.2, 0) is 4.74 Å². The highest BCUT2D eigenvalue weighted by Gasteiger charge is 2.26. The minimum Gasteiger partial charge on any atom is -0.456 e. The van der Waals surface area contributed by atoms with Crippen molar-refractivity contribution in [2.24, 2.45) is 0 Å². The molecule has 1 N–H and O–H groups in total. The Morgan fingerprint density at radius 1 is 1.31 bits per heavy atom. The average molecular weight is 221 g/mol. The summed E-state index contributed by atoms with van der Waals surface area (Å²) in [4.78, 5) is 12.0. The monoisotopic (exact) mass is 221 g/mol. The summed E-state index contributed by atoms with van der Waals surface area (Å²) in [5.74, 6) is -0.355. The zero-order valence-electron chi connectivity index (χ0n) is 9.88. The fraction of sp³-hybridized carbons (Fsp3) is 0.417. The molecule has 0 unspecified atom stereocenters. The van der Waals surface area contributed by atoms with Crippen molar-refractivity contribution >= 4 is 22.8 Å². The van der Waals surface area contributed by atoms with Crippen molar-refractivity contribution in [3.8, 4) is 0 Å². The summed E-state index contributed by atoms with van der Waals surface area (Å²) in [5.41, 5.74) is 1.92. The third kappa shape index (κ3) is 1.71. The first kappa shape index (κ1) is 10.8. The van der Waals surface area contributed by atoms with Crippen molar-refractivity contribution in [2.45, 2.75) is 26.4 Å². The van der Waals surface area contributed by atoms with Crippen LogP contribution in [0.3, 0.4) is 0 Å². The number of ether oxygens (including phenoxy) is 1. The molecule has 2 heterocycles. The Hall–Kier alpha value is -1.71. The zero-order chi connectivity index (χ0) is 11.9. The van der Waals surface area contributed by atoms with E-state index in [0.29, 0.717) is 22.4 Å². The number of carbonyl (C=O) groups excluding carboxylic acids is 1. The molecule has 0 atom stereocenters. The molecule has 0 saturated carbocycles. The molecule has 0 aromatic carbocycles. The van der Waals surface area contributed by atoms with E-state index in [4.69, 9.17) is 9.15 Å². The molecule has 4 nitrogen and oxygen atoms in total. The van der Waals surface area contributed by atoms with Gasteiger partial charge in [-0.2, -0.15) is 0 Å². The van der Waals surface area contributed by atoms with Crippen LogP contribution < -0.4 is 5.32 Å². The summed E-state index contributed by atoms with van der Waals surface area (Å²) < 4.78 is 10.7. The maximum absolute atomic E-state index is 12.0. The van der Waals surface area contributed by atoms with E-state index in [2.05, 4.69) is 5.32 Å². The highest BCUT2D eigenvalue weighted by atomic mass is 16.6. The maximum Gasteiger partial charge on any atom is 0.344 e. The van der Waals surface area contributed by atoms with Crippen LogP contribution in [-0.4, -0.2) is 18.6 Å². The Labute approximate surface area is 93.9 Å². The number of anilines is 1. The first-order valence-corrected chi connectivity index (χ1v) is 5.18. The van der Waals surface area contributed by atoms with E-state index in [0.717, 1.165) is 0 Å². The fourth-order valence-electron chi connectivity index (χ4n) is 1.63. The topological polar surface area (TPSA) is 51.5 Å². The molecule has 0 aliphatic rings. The van der Waals surface area contributed by atoms with Crippen molar-refractivity contribution in [2.75, 3.05) is 12.4 Å². The van der Waals surface area contributed by atoms with Crippen LogP contribution in [0, 0.1) is 0 Å². The van der Waals surface area contributed by atoms with E-state index in [1.54, 1.807) is 13.1 Å². The average Bonchev–Trinajstić information content (AvgIpc) is 2.72. The summed E-state index contributed by atoms with van der Waals surface area (Å²) >= 11 is 0. The standard InChI is InChI=1S/C12H15NO3/c1-12(2,3)16-11(14)9-7-5-6-8(15-7)10(9)13-4/h5-6,13H,1-4H3. The Morgan fingerprint density at radius 2 is 1.94 bits per heavy atom. The normalized spacial score (nSPS) is 12.0. The molecule has 16 heavy (non-hydrogen) atoms. The van der Waals surface area contributed by atoms with Crippen LogP contribution in [0.5, 0.6) is 0 Å². The van der Waals surface area contributed by atoms with E-state index >= 15 is 0 Å².